The zero-order valence-electron chi connectivity index (χ0n) is 11.7. The number of nitrogens with one attached hydrogen (secondary N) is 1. The van der Waals surface area contributed by atoms with E-state index in [1.165, 1.54) is 30.3 Å². The Morgan fingerprint density at radius 2 is 1.86 bits per heavy atom. The topological polar surface area (TPSA) is 66.4 Å². The molecule has 0 aliphatic rings. The zero-order valence-corrected chi connectivity index (χ0v) is 12.4. The van der Waals surface area contributed by atoms with Crippen LogP contribution in [0, 0.1) is 5.82 Å². The van der Waals surface area contributed by atoms with E-state index < -0.39 is 17.7 Å². The van der Waals surface area contributed by atoms with E-state index >= 15 is 0 Å². The molecular formula is C16H13ClFNO3. The van der Waals surface area contributed by atoms with E-state index in [9.17, 15) is 19.1 Å². The SMILES string of the molecule is CCNC(=O)c1ccc(-c2cc(Cl)ccc2C(=O)O)cc1F. The average molecular weight is 322 g/mol. The van der Waals surface area contributed by atoms with Crippen molar-refractivity contribution in [3.8, 4) is 11.1 Å². The van der Waals surface area contributed by atoms with Gasteiger partial charge in [0.05, 0.1) is 11.1 Å². The third-order valence-electron chi connectivity index (χ3n) is 3.07. The summed E-state index contributed by atoms with van der Waals surface area (Å²) in [4.78, 5) is 22.9. The number of carboxylic acid groups (broad SMARTS) is 1. The highest BCUT2D eigenvalue weighted by molar-refractivity contribution is 6.31. The van der Waals surface area contributed by atoms with Gasteiger partial charge in [0.1, 0.15) is 5.82 Å². The minimum absolute atomic E-state index is 0.00885. The van der Waals surface area contributed by atoms with Crippen LogP contribution in [-0.2, 0) is 0 Å². The van der Waals surface area contributed by atoms with Crippen LogP contribution in [-0.4, -0.2) is 23.5 Å². The van der Waals surface area contributed by atoms with Crippen LogP contribution in [0.25, 0.3) is 11.1 Å². The normalized spacial score (nSPS) is 10.3. The lowest BCUT2D eigenvalue weighted by atomic mass is 9.98. The summed E-state index contributed by atoms with van der Waals surface area (Å²) >= 11 is 5.88. The third kappa shape index (κ3) is 3.26. The van der Waals surface area contributed by atoms with Crippen LogP contribution < -0.4 is 5.32 Å². The number of hydrogen-bond acceptors (Lipinski definition) is 2. The van der Waals surface area contributed by atoms with Crippen molar-refractivity contribution >= 4 is 23.5 Å². The van der Waals surface area contributed by atoms with Crippen molar-refractivity contribution in [3.05, 3.63) is 58.4 Å². The van der Waals surface area contributed by atoms with Crippen molar-refractivity contribution in [2.24, 2.45) is 0 Å². The molecule has 2 aromatic carbocycles. The first-order chi connectivity index (χ1) is 10.4. The van der Waals surface area contributed by atoms with E-state index in [0.717, 1.165) is 6.07 Å². The second-order valence-electron chi connectivity index (χ2n) is 4.55. The summed E-state index contributed by atoms with van der Waals surface area (Å²) in [5.74, 6) is -2.38. The number of carbonyl (C=O) groups excluding carboxylic acids is 1. The van der Waals surface area contributed by atoms with Crippen LogP contribution in [0.2, 0.25) is 5.02 Å². The number of carbonyl (C=O) groups is 2. The fourth-order valence-electron chi connectivity index (χ4n) is 2.06. The van der Waals surface area contributed by atoms with Gasteiger partial charge >= 0.3 is 5.97 Å². The quantitative estimate of drug-likeness (QED) is 0.904. The Kier molecular flexibility index (Phi) is 4.78. The molecule has 0 atom stereocenters. The third-order valence-corrected chi connectivity index (χ3v) is 3.31. The minimum Gasteiger partial charge on any atom is -0.478 e. The largest absolute Gasteiger partial charge is 0.478 e. The Balaban J connectivity index is 2.51. The molecule has 22 heavy (non-hydrogen) atoms. The van der Waals surface area contributed by atoms with Gasteiger partial charge in [-0.25, -0.2) is 9.18 Å². The summed E-state index contributed by atoms with van der Waals surface area (Å²) in [5, 5.41) is 12.0. The summed E-state index contributed by atoms with van der Waals surface area (Å²) in [6, 6.07) is 8.20. The highest BCUT2D eigenvalue weighted by atomic mass is 35.5. The molecule has 0 radical (unpaired) electrons. The van der Waals surface area contributed by atoms with Gasteiger partial charge in [-0.1, -0.05) is 17.7 Å². The molecule has 114 valence electrons. The van der Waals surface area contributed by atoms with Crippen LogP contribution in [0.15, 0.2) is 36.4 Å². The van der Waals surface area contributed by atoms with E-state index in [4.69, 9.17) is 11.6 Å². The number of amides is 1. The van der Waals surface area contributed by atoms with E-state index in [1.807, 2.05) is 0 Å². The van der Waals surface area contributed by atoms with Crippen LogP contribution in [0.5, 0.6) is 0 Å². The van der Waals surface area contributed by atoms with E-state index in [0.29, 0.717) is 22.7 Å². The Hall–Kier alpha value is -2.40. The maximum absolute atomic E-state index is 14.1. The summed E-state index contributed by atoms with van der Waals surface area (Å²) in [5.41, 5.74) is 0.547. The molecule has 2 aromatic rings. The summed E-state index contributed by atoms with van der Waals surface area (Å²) < 4.78 is 14.1. The van der Waals surface area contributed by atoms with Crippen molar-refractivity contribution in [2.75, 3.05) is 6.54 Å². The van der Waals surface area contributed by atoms with Gasteiger partial charge in [-0.05, 0) is 48.4 Å². The van der Waals surface area contributed by atoms with Crippen LogP contribution in [0.4, 0.5) is 4.39 Å². The standard InChI is InChI=1S/C16H13ClFNO3/c1-2-19-15(20)12-5-3-9(7-14(12)18)13-8-10(17)4-6-11(13)16(21)22/h3-8H,2H2,1H3,(H,19,20)(H,21,22). The Morgan fingerprint density at radius 1 is 1.18 bits per heavy atom. The number of benzene rings is 2. The van der Waals surface area contributed by atoms with Gasteiger partial charge in [0, 0.05) is 11.6 Å². The molecule has 2 rings (SSSR count). The lowest BCUT2D eigenvalue weighted by Gasteiger charge is -2.09. The van der Waals surface area contributed by atoms with Crippen molar-refractivity contribution in [3.63, 3.8) is 0 Å². The monoisotopic (exact) mass is 321 g/mol. The Labute approximate surface area is 131 Å². The number of carboxylic acids is 1. The summed E-state index contributed by atoms with van der Waals surface area (Å²) in [6.07, 6.45) is 0. The first kappa shape index (κ1) is 16.0. The summed E-state index contributed by atoms with van der Waals surface area (Å²) in [7, 11) is 0. The average Bonchev–Trinajstić information content (AvgIpc) is 2.46. The predicted molar refractivity (Wildman–Crippen MR) is 81.8 cm³/mol. The molecule has 0 aromatic heterocycles. The van der Waals surface area contributed by atoms with E-state index in [2.05, 4.69) is 5.32 Å². The Bertz CT molecular complexity index is 746. The van der Waals surface area contributed by atoms with Gasteiger partial charge < -0.3 is 10.4 Å². The van der Waals surface area contributed by atoms with Gasteiger partial charge in [-0.3, -0.25) is 4.79 Å². The number of halogens is 2. The maximum atomic E-state index is 14.1. The number of aromatic carboxylic acids is 1. The highest BCUT2D eigenvalue weighted by Gasteiger charge is 2.16. The molecule has 0 fully saturated rings. The van der Waals surface area contributed by atoms with Crippen LogP contribution in [0.1, 0.15) is 27.6 Å². The first-order valence-electron chi connectivity index (χ1n) is 6.55. The molecule has 0 aliphatic carbocycles. The highest BCUT2D eigenvalue weighted by Crippen LogP contribution is 2.28. The Morgan fingerprint density at radius 3 is 2.45 bits per heavy atom. The van der Waals surface area contributed by atoms with Crippen molar-refractivity contribution < 1.29 is 19.1 Å². The fourth-order valence-corrected chi connectivity index (χ4v) is 2.24. The maximum Gasteiger partial charge on any atom is 0.336 e. The van der Waals surface area contributed by atoms with Gasteiger partial charge in [0.25, 0.3) is 5.91 Å². The molecular weight excluding hydrogens is 309 g/mol. The van der Waals surface area contributed by atoms with E-state index in [1.54, 1.807) is 6.92 Å². The molecule has 1 amide bonds. The van der Waals surface area contributed by atoms with Crippen molar-refractivity contribution in [1.29, 1.82) is 0 Å². The van der Waals surface area contributed by atoms with Gasteiger partial charge in [-0.15, -0.1) is 0 Å². The van der Waals surface area contributed by atoms with Gasteiger partial charge in [0.2, 0.25) is 0 Å². The zero-order chi connectivity index (χ0) is 16.3. The minimum atomic E-state index is -1.14. The lowest BCUT2D eigenvalue weighted by Crippen LogP contribution is -2.23. The molecule has 0 saturated carbocycles. The molecule has 0 bridgehead atoms. The molecule has 0 saturated heterocycles. The second kappa shape index (κ2) is 6.58. The fraction of sp³-hybridized carbons (Fsp3) is 0.125. The van der Waals surface area contributed by atoms with Gasteiger partial charge in [-0.2, -0.15) is 0 Å². The van der Waals surface area contributed by atoms with Crippen molar-refractivity contribution in [2.45, 2.75) is 6.92 Å². The van der Waals surface area contributed by atoms with Crippen LogP contribution >= 0.6 is 11.6 Å². The molecule has 0 unspecified atom stereocenters. The van der Waals surface area contributed by atoms with Gasteiger partial charge in [0.15, 0.2) is 0 Å². The molecule has 0 heterocycles. The second-order valence-corrected chi connectivity index (χ2v) is 4.99. The summed E-state index contributed by atoms with van der Waals surface area (Å²) in [6.45, 7) is 2.12. The molecule has 0 aliphatic heterocycles. The predicted octanol–water partition coefficient (Wildman–Crippen LogP) is 3.59. The van der Waals surface area contributed by atoms with Crippen molar-refractivity contribution in [1.82, 2.24) is 5.32 Å². The lowest BCUT2D eigenvalue weighted by molar-refractivity contribution is 0.0697. The number of hydrogen-bond donors (Lipinski definition) is 2. The molecule has 2 N–H and O–H groups in total. The molecule has 6 heteroatoms. The van der Waals surface area contributed by atoms with E-state index in [-0.39, 0.29) is 11.1 Å². The smallest absolute Gasteiger partial charge is 0.336 e. The molecule has 4 nitrogen and oxygen atoms in total. The number of rotatable bonds is 4. The first-order valence-corrected chi connectivity index (χ1v) is 6.92. The molecule has 0 spiro atoms. The van der Waals surface area contributed by atoms with Crippen LogP contribution in [0.3, 0.4) is 0 Å².